The average Bonchev–Trinajstić information content (AvgIpc) is 3.25. The molecule has 8 heteroatoms. The monoisotopic (exact) mass is 367 g/mol. The van der Waals surface area contributed by atoms with Crippen LogP contribution in [0.1, 0.15) is 19.3 Å². The van der Waals surface area contributed by atoms with Crippen molar-refractivity contribution in [2.45, 2.75) is 31.3 Å². The SMILES string of the molecule is CN(C)C(=O)N1CC2=CC(NCC(=O)N3CCCC3C#N)CC2C1.Cl. The van der Waals surface area contributed by atoms with Crippen LogP contribution in [0.5, 0.6) is 0 Å². The molecule has 3 unspecified atom stereocenters. The van der Waals surface area contributed by atoms with E-state index in [0.29, 0.717) is 19.0 Å². The Hall–Kier alpha value is -1.78. The minimum absolute atomic E-state index is 0. The molecule has 0 aromatic carbocycles. The first-order valence-electron chi connectivity index (χ1n) is 8.59. The zero-order valence-electron chi connectivity index (χ0n) is 14.8. The van der Waals surface area contributed by atoms with Gasteiger partial charge < -0.3 is 20.0 Å². The number of hydrogen-bond donors (Lipinski definition) is 1. The van der Waals surface area contributed by atoms with Crippen molar-refractivity contribution < 1.29 is 9.59 Å². The summed E-state index contributed by atoms with van der Waals surface area (Å²) in [5.41, 5.74) is 1.30. The number of carbonyl (C=O) groups excluding carboxylic acids is 2. The normalized spacial score (nSPS) is 27.4. The van der Waals surface area contributed by atoms with E-state index in [4.69, 9.17) is 5.26 Å². The minimum atomic E-state index is -0.258. The molecule has 0 bridgehead atoms. The molecule has 0 spiro atoms. The van der Waals surface area contributed by atoms with Crippen LogP contribution < -0.4 is 5.32 Å². The van der Waals surface area contributed by atoms with Crippen LogP contribution in [0.4, 0.5) is 4.79 Å². The number of nitrogens with one attached hydrogen (secondary N) is 1. The quantitative estimate of drug-likeness (QED) is 0.749. The zero-order chi connectivity index (χ0) is 17.3. The molecular weight excluding hydrogens is 342 g/mol. The summed E-state index contributed by atoms with van der Waals surface area (Å²) in [5.74, 6) is 0.416. The molecule has 2 heterocycles. The number of amides is 3. The Kier molecular flexibility index (Phi) is 6.31. The maximum atomic E-state index is 12.3. The van der Waals surface area contributed by atoms with Crippen LogP contribution in [-0.4, -0.2) is 79.0 Å². The van der Waals surface area contributed by atoms with Gasteiger partial charge in [-0.05, 0) is 24.8 Å². The standard InChI is InChI=1S/C17H25N5O2.ClH/c1-20(2)17(24)21-10-12-6-14(7-13(12)11-21)19-9-16(23)22-5-3-4-15(22)8-18;/h6,13-15,19H,3-5,7,9-11H2,1-2H3;1H. The predicted octanol–water partition coefficient (Wildman–Crippen LogP) is 0.824. The highest BCUT2D eigenvalue weighted by Crippen LogP contribution is 2.33. The second-order valence-corrected chi connectivity index (χ2v) is 7.09. The number of halogens is 1. The van der Waals surface area contributed by atoms with Crippen LogP contribution in [0.25, 0.3) is 0 Å². The highest BCUT2D eigenvalue weighted by molar-refractivity contribution is 5.85. The number of likely N-dealkylation sites (tertiary alicyclic amines) is 2. The molecule has 138 valence electrons. The smallest absolute Gasteiger partial charge is 0.319 e. The lowest BCUT2D eigenvalue weighted by atomic mass is 10.1. The molecule has 7 nitrogen and oxygen atoms in total. The van der Waals surface area contributed by atoms with Gasteiger partial charge in [0.1, 0.15) is 6.04 Å². The summed E-state index contributed by atoms with van der Waals surface area (Å²) in [7, 11) is 3.54. The number of nitriles is 1. The highest BCUT2D eigenvalue weighted by Gasteiger charge is 2.37. The largest absolute Gasteiger partial charge is 0.331 e. The third-order valence-electron chi connectivity index (χ3n) is 5.18. The Morgan fingerprint density at radius 3 is 2.84 bits per heavy atom. The number of carbonyl (C=O) groups is 2. The fourth-order valence-electron chi connectivity index (χ4n) is 3.94. The lowest BCUT2D eigenvalue weighted by Crippen LogP contribution is -2.43. The fourth-order valence-corrected chi connectivity index (χ4v) is 3.94. The topological polar surface area (TPSA) is 79.7 Å². The lowest BCUT2D eigenvalue weighted by Gasteiger charge is -2.23. The molecule has 1 aliphatic carbocycles. The van der Waals surface area contributed by atoms with E-state index in [1.54, 1.807) is 23.9 Å². The summed E-state index contributed by atoms with van der Waals surface area (Å²) in [4.78, 5) is 29.5. The van der Waals surface area contributed by atoms with Crippen molar-refractivity contribution >= 4 is 24.3 Å². The van der Waals surface area contributed by atoms with E-state index < -0.39 is 0 Å². The maximum absolute atomic E-state index is 12.3. The van der Waals surface area contributed by atoms with Crippen molar-refractivity contribution in [1.82, 2.24) is 20.0 Å². The second kappa shape index (κ2) is 8.07. The second-order valence-electron chi connectivity index (χ2n) is 7.09. The predicted molar refractivity (Wildman–Crippen MR) is 96.2 cm³/mol. The molecule has 2 aliphatic heterocycles. The summed E-state index contributed by atoms with van der Waals surface area (Å²) < 4.78 is 0. The Labute approximate surface area is 155 Å². The van der Waals surface area contributed by atoms with Crippen LogP contribution in [0.15, 0.2) is 11.6 Å². The van der Waals surface area contributed by atoms with Crippen LogP contribution >= 0.6 is 12.4 Å². The van der Waals surface area contributed by atoms with Crippen molar-refractivity contribution in [3.63, 3.8) is 0 Å². The van der Waals surface area contributed by atoms with Crippen molar-refractivity contribution in [2.24, 2.45) is 5.92 Å². The number of fused-ring (bicyclic) bond motifs is 1. The number of urea groups is 1. The van der Waals surface area contributed by atoms with Gasteiger partial charge in [0.2, 0.25) is 5.91 Å². The van der Waals surface area contributed by atoms with Gasteiger partial charge >= 0.3 is 6.03 Å². The fraction of sp³-hybridized carbons (Fsp3) is 0.706. The third-order valence-corrected chi connectivity index (χ3v) is 5.18. The van der Waals surface area contributed by atoms with Gasteiger partial charge in [0, 0.05) is 45.7 Å². The molecule has 0 radical (unpaired) electrons. The Bertz CT molecular complexity index is 600. The van der Waals surface area contributed by atoms with Gasteiger partial charge in [0.15, 0.2) is 0 Å². The van der Waals surface area contributed by atoms with E-state index >= 15 is 0 Å². The number of hydrogen-bond acceptors (Lipinski definition) is 4. The Morgan fingerprint density at radius 1 is 1.44 bits per heavy atom. The molecule has 25 heavy (non-hydrogen) atoms. The average molecular weight is 368 g/mol. The molecule has 2 saturated heterocycles. The van der Waals surface area contributed by atoms with E-state index in [-0.39, 0.29) is 43.0 Å². The first-order chi connectivity index (χ1) is 11.5. The summed E-state index contributed by atoms with van der Waals surface area (Å²) in [6.07, 6.45) is 4.80. The van der Waals surface area contributed by atoms with Crippen molar-refractivity contribution in [2.75, 3.05) is 40.3 Å². The molecule has 3 rings (SSSR count). The van der Waals surface area contributed by atoms with Gasteiger partial charge in [-0.2, -0.15) is 5.26 Å². The van der Waals surface area contributed by atoms with Crippen molar-refractivity contribution in [1.29, 1.82) is 5.26 Å². The summed E-state index contributed by atoms with van der Waals surface area (Å²) in [6.45, 7) is 2.42. The number of rotatable bonds is 3. The van der Waals surface area contributed by atoms with Crippen LogP contribution in [-0.2, 0) is 4.79 Å². The van der Waals surface area contributed by atoms with Crippen LogP contribution in [0, 0.1) is 17.2 Å². The molecule has 0 saturated carbocycles. The highest BCUT2D eigenvalue weighted by atomic mass is 35.5. The third kappa shape index (κ3) is 4.07. The minimum Gasteiger partial charge on any atom is -0.331 e. The molecule has 0 aromatic heterocycles. The van der Waals surface area contributed by atoms with E-state index in [0.717, 1.165) is 25.8 Å². The Balaban J connectivity index is 0.00000225. The molecule has 3 atom stereocenters. The molecular formula is C17H26ClN5O2. The van der Waals surface area contributed by atoms with Crippen LogP contribution in [0.3, 0.4) is 0 Å². The summed E-state index contributed by atoms with van der Waals surface area (Å²) in [6, 6.07) is 2.19. The van der Waals surface area contributed by atoms with E-state index in [1.807, 2.05) is 4.90 Å². The Morgan fingerprint density at radius 2 is 2.20 bits per heavy atom. The van der Waals surface area contributed by atoms with E-state index in [9.17, 15) is 9.59 Å². The summed E-state index contributed by atoms with van der Waals surface area (Å²) >= 11 is 0. The van der Waals surface area contributed by atoms with Crippen molar-refractivity contribution in [3.8, 4) is 6.07 Å². The number of nitrogens with zero attached hydrogens (tertiary/aromatic N) is 4. The van der Waals surface area contributed by atoms with E-state index in [1.165, 1.54) is 5.57 Å². The van der Waals surface area contributed by atoms with Gasteiger partial charge in [0.25, 0.3) is 0 Å². The molecule has 1 N–H and O–H groups in total. The van der Waals surface area contributed by atoms with Crippen LogP contribution in [0.2, 0.25) is 0 Å². The first kappa shape index (κ1) is 19.5. The summed E-state index contributed by atoms with van der Waals surface area (Å²) in [5, 5.41) is 12.4. The van der Waals surface area contributed by atoms with Gasteiger partial charge in [-0.15, -0.1) is 12.4 Å². The molecule has 3 aliphatic rings. The first-order valence-corrected chi connectivity index (χ1v) is 8.59. The van der Waals surface area contributed by atoms with Gasteiger partial charge in [-0.1, -0.05) is 6.08 Å². The maximum Gasteiger partial charge on any atom is 0.319 e. The van der Waals surface area contributed by atoms with E-state index in [2.05, 4.69) is 17.5 Å². The molecule has 3 amide bonds. The van der Waals surface area contributed by atoms with Crippen molar-refractivity contribution in [3.05, 3.63) is 11.6 Å². The lowest BCUT2D eigenvalue weighted by molar-refractivity contribution is -0.130. The van der Waals surface area contributed by atoms with Gasteiger partial charge in [0.05, 0.1) is 12.6 Å². The van der Waals surface area contributed by atoms with Gasteiger partial charge in [-0.25, -0.2) is 4.79 Å². The zero-order valence-corrected chi connectivity index (χ0v) is 15.6. The molecule has 2 fully saturated rings. The van der Waals surface area contributed by atoms with Gasteiger partial charge in [-0.3, -0.25) is 4.79 Å². The molecule has 0 aromatic rings.